The minimum atomic E-state index is -0.410. The molecule has 1 heterocycles. The Labute approximate surface area is 140 Å². The van der Waals surface area contributed by atoms with E-state index >= 15 is 0 Å². The zero-order valence-corrected chi connectivity index (χ0v) is 13.7. The normalized spacial score (nSPS) is 11.3. The fraction of sp³-hybridized carbons (Fsp3) is 0.250. The largest absolute Gasteiger partial charge is 0.496 e. The van der Waals surface area contributed by atoms with Gasteiger partial charge in [0.05, 0.1) is 18.8 Å². The van der Waals surface area contributed by atoms with Gasteiger partial charge in [-0.1, -0.05) is 0 Å². The number of methoxy groups -OCH3 is 1. The lowest BCUT2D eigenvalue weighted by Crippen LogP contribution is -2.27. The minimum absolute atomic E-state index is 0. The van der Waals surface area contributed by atoms with Crippen molar-refractivity contribution in [2.24, 2.45) is 5.73 Å². The van der Waals surface area contributed by atoms with E-state index in [4.69, 9.17) is 10.5 Å². The fourth-order valence-electron chi connectivity index (χ4n) is 2.13. The Balaban J connectivity index is 0.00000264. The molecule has 23 heavy (non-hydrogen) atoms. The van der Waals surface area contributed by atoms with E-state index in [0.717, 1.165) is 0 Å². The van der Waals surface area contributed by atoms with Crippen LogP contribution in [0.3, 0.4) is 0 Å². The number of hydrogen-bond donors (Lipinski definition) is 2. The summed E-state index contributed by atoms with van der Waals surface area (Å²) in [6, 6.07) is 7.02. The first-order valence-electron chi connectivity index (χ1n) is 6.84. The molecule has 3 N–H and O–H groups in total. The Hall–Kier alpha value is -2.18. The molecule has 1 aromatic carbocycles. The van der Waals surface area contributed by atoms with Crippen LogP contribution in [0.2, 0.25) is 0 Å². The molecule has 0 aliphatic rings. The van der Waals surface area contributed by atoms with Crippen molar-refractivity contribution in [1.29, 1.82) is 0 Å². The van der Waals surface area contributed by atoms with Crippen molar-refractivity contribution in [1.82, 2.24) is 10.3 Å². The third-order valence-electron chi connectivity index (χ3n) is 3.29. The third-order valence-corrected chi connectivity index (χ3v) is 3.29. The molecule has 0 spiro atoms. The summed E-state index contributed by atoms with van der Waals surface area (Å²) >= 11 is 0. The summed E-state index contributed by atoms with van der Waals surface area (Å²) in [5, 5.41) is 2.81. The van der Waals surface area contributed by atoms with Gasteiger partial charge < -0.3 is 15.8 Å². The van der Waals surface area contributed by atoms with Crippen LogP contribution < -0.4 is 15.8 Å². The van der Waals surface area contributed by atoms with Gasteiger partial charge >= 0.3 is 0 Å². The van der Waals surface area contributed by atoms with E-state index in [1.165, 1.54) is 31.5 Å². The van der Waals surface area contributed by atoms with Gasteiger partial charge in [0.15, 0.2) is 0 Å². The number of ether oxygens (including phenoxy) is 1. The first-order chi connectivity index (χ1) is 10.5. The molecule has 5 nitrogen and oxygen atoms in total. The van der Waals surface area contributed by atoms with E-state index < -0.39 is 6.04 Å². The number of nitrogens with two attached hydrogens (primary N) is 1. The van der Waals surface area contributed by atoms with Gasteiger partial charge in [-0.3, -0.25) is 9.78 Å². The van der Waals surface area contributed by atoms with Crippen LogP contribution in [0, 0.1) is 5.82 Å². The lowest BCUT2D eigenvalue weighted by molar-refractivity contribution is 0.0939. The summed E-state index contributed by atoms with van der Waals surface area (Å²) in [4.78, 5) is 16.3. The van der Waals surface area contributed by atoms with Gasteiger partial charge in [0.25, 0.3) is 5.91 Å². The number of rotatable bonds is 5. The number of halogens is 2. The number of hydrogen-bond acceptors (Lipinski definition) is 4. The molecule has 1 amide bonds. The predicted octanol–water partition coefficient (Wildman–Crippen LogP) is 2.60. The Kier molecular flexibility index (Phi) is 6.93. The lowest BCUT2D eigenvalue weighted by atomic mass is 10.1. The van der Waals surface area contributed by atoms with Crippen LogP contribution in [-0.2, 0) is 6.54 Å². The average molecular weight is 340 g/mol. The maximum Gasteiger partial charge on any atom is 0.251 e. The van der Waals surface area contributed by atoms with Crippen molar-refractivity contribution in [2.75, 3.05) is 7.11 Å². The van der Waals surface area contributed by atoms with E-state index in [1.807, 2.05) is 0 Å². The van der Waals surface area contributed by atoms with Crippen molar-refractivity contribution in [2.45, 2.75) is 19.5 Å². The van der Waals surface area contributed by atoms with Crippen LogP contribution in [0.15, 0.2) is 36.5 Å². The lowest BCUT2D eigenvalue weighted by Gasteiger charge is -2.17. The van der Waals surface area contributed by atoms with E-state index in [0.29, 0.717) is 22.6 Å². The van der Waals surface area contributed by atoms with Crippen LogP contribution in [0.25, 0.3) is 0 Å². The molecule has 0 aliphatic heterocycles. The molecule has 2 aromatic rings. The monoisotopic (exact) mass is 339 g/mol. The molecule has 7 heteroatoms. The summed E-state index contributed by atoms with van der Waals surface area (Å²) in [7, 11) is 1.50. The topological polar surface area (TPSA) is 77.2 Å². The highest BCUT2D eigenvalue weighted by Gasteiger charge is 2.16. The average Bonchev–Trinajstić information content (AvgIpc) is 2.54. The van der Waals surface area contributed by atoms with E-state index in [1.54, 1.807) is 19.1 Å². The highest BCUT2D eigenvalue weighted by Crippen LogP contribution is 2.26. The van der Waals surface area contributed by atoms with Crippen LogP contribution in [0.4, 0.5) is 4.39 Å². The summed E-state index contributed by atoms with van der Waals surface area (Å²) in [5.41, 5.74) is 7.17. The van der Waals surface area contributed by atoms with Crippen molar-refractivity contribution < 1.29 is 13.9 Å². The van der Waals surface area contributed by atoms with Crippen molar-refractivity contribution in [3.05, 3.63) is 59.2 Å². The standard InChI is InChI=1S/C16H18FN3O2.ClH/c1-10(14-8-12(17)3-4-15(14)22-2)20-16(21)11-5-6-19-13(7-11)9-18;/h3-8,10H,9,18H2,1-2H3,(H,20,21);1H. The second kappa shape index (κ2) is 8.45. The summed E-state index contributed by atoms with van der Waals surface area (Å²) in [5.74, 6) is -0.145. The zero-order chi connectivity index (χ0) is 16.1. The molecular formula is C16H19ClFN3O2. The molecule has 1 aromatic heterocycles. The molecule has 0 fully saturated rings. The molecule has 2 rings (SSSR count). The number of benzene rings is 1. The zero-order valence-electron chi connectivity index (χ0n) is 12.9. The molecule has 0 aliphatic carbocycles. The second-order valence-electron chi connectivity index (χ2n) is 4.82. The predicted molar refractivity (Wildman–Crippen MR) is 88.2 cm³/mol. The third kappa shape index (κ3) is 4.64. The van der Waals surface area contributed by atoms with Gasteiger partial charge in [-0.2, -0.15) is 0 Å². The van der Waals surface area contributed by atoms with Gasteiger partial charge in [0.2, 0.25) is 0 Å². The highest BCUT2D eigenvalue weighted by atomic mass is 35.5. The number of nitrogens with one attached hydrogen (secondary N) is 1. The highest BCUT2D eigenvalue weighted by molar-refractivity contribution is 5.94. The molecule has 0 saturated carbocycles. The van der Waals surface area contributed by atoms with Gasteiger partial charge in [0.1, 0.15) is 11.6 Å². The Morgan fingerprint density at radius 1 is 1.39 bits per heavy atom. The smallest absolute Gasteiger partial charge is 0.251 e. The van der Waals surface area contributed by atoms with Gasteiger partial charge in [0, 0.05) is 23.9 Å². The van der Waals surface area contributed by atoms with Crippen LogP contribution in [0.5, 0.6) is 5.75 Å². The van der Waals surface area contributed by atoms with Crippen LogP contribution in [-0.4, -0.2) is 18.0 Å². The number of carbonyl (C=O) groups is 1. The molecule has 0 bridgehead atoms. The number of pyridine rings is 1. The Bertz CT molecular complexity index is 682. The van der Waals surface area contributed by atoms with Crippen molar-refractivity contribution in [3.8, 4) is 5.75 Å². The number of aromatic nitrogens is 1. The number of carbonyl (C=O) groups excluding carboxylic acids is 1. The maximum absolute atomic E-state index is 13.4. The Morgan fingerprint density at radius 3 is 2.78 bits per heavy atom. The van der Waals surface area contributed by atoms with Crippen molar-refractivity contribution in [3.63, 3.8) is 0 Å². The molecular weight excluding hydrogens is 321 g/mol. The minimum Gasteiger partial charge on any atom is -0.496 e. The van der Waals surface area contributed by atoms with E-state index in [9.17, 15) is 9.18 Å². The van der Waals surface area contributed by atoms with Crippen molar-refractivity contribution >= 4 is 18.3 Å². The molecule has 124 valence electrons. The van der Waals surface area contributed by atoms with E-state index in [-0.39, 0.29) is 30.7 Å². The number of amides is 1. The SMILES string of the molecule is COc1ccc(F)cc1C(C)NC(=O)c1ccnc(CN)c1.Cl. The Morgan fingerprint density at radius 2 is 2.13 bits per heavy atom. The van der Waals surface area contributed by atoms with Crippen LogP contribution in [0.1, 0.15) is 34.6 Å². The van der Waals surface area contributed by atoms with Gasteiger partial charge in [-0.25, -0.2) is 4.39 Å². The molecule has 0 saturated heterocycles. The summed E-state index contributed by atoms with van der Waals surface area (Å²) in [6.07, 6.45) is 1.53. The van der Waals surface area contributed by atoms with Gasteiger partial charge in [-0.15, -0.1) is 12.4 Å². The summed E-state index contributed by atoms with van der Waals surface area (Å²) < 4.78 is 18.6. The second-order valence-corrected chi connectivity index (χ2v) is 4.82. The summed E-state index contributed by atoms with van der Waals surface area (Å²) in [6.45, 7) is 2.02. The van der Waals surface area contributed by atoms with Crippen LogP contribution >= 0.6 is 12.4 Å². The molecule has 1 atom stereocenters. The van der Waals surface area contributed by atoms with Gasteiger partial charge in [-0.05, 0) is 37.3 Å². The first-order valence-corrected chi connectivity index (χ1v) is 6.84. The maximum atomic E-state index is 13.4. The molecule has 1 unspecified atom stereocenters. The quantitative estimate of drug-likeness (QED) is 0.877. The molecule has 0 radical (unpaired) electrons. The first kappa shape index (κ1) is 18.9. The fourth-order valence-corrected chi connectivity index (χ4v) is 2.13. The number of nitrogens with zero attached hydrogens (tertiary/aromatic N) is 1. The van der Waals surface area contributed by atoms with E-state index in [2.05, 4.69) is 10.3 Å².